The van der Waals surface area contributed by atoms with Crippen LogP contribution in [0.15, 0.2) is 36.4 Å². The molecule has 0 atom stereocenters. The second kappa shape index (κ2) is 3.15. The highest BCUT2D eigenvalue weighted by Gasteiger charge is 1.94. The molecule has 0 bridgehead atoms. The Kier molecular flexibility index (Phi) is 1.98. The summed E-state index contributed by atoms with van der Waals surface area (Å²) in [5, 5.41) is 3.74. The van der Waals surface area contributed by atoms with E-state index in [1.165, 1.54) is 10.6 Å². The Morgan fingerprint density at radius 2 is 1.69 bits per heavy atom. The molecule has 13 heavy (non-hydrogen) atoms. The first-order valence-electron chi connectivity index (χ1n) is 4.25. The number of rotatable bonds is 1. The zero-order valence-corrected chi connectivity index (χ0v) is 9.45. The zero-order chi connectivity index (χ0) is 9.26. The molecule has 0 amide bonds. The molecule has 0 saturated heterocycles. The van der Waals surface area contributed by atoms with E-state index in [-0.39, 0.29) is 0 Å². The van der Waals surface area contributed by atoms with E-state index < -0.39 is 0 Å². The highest BCUT2D eigenvalue weighted by atomic mass is 28.1. The molecule has 0 N–H and O–H groups in total. The number of carbonyl (C=O) groups excluding carboxylic acids is 1. The van der Waals surface area contributed by atoms with Gasteiger partial charge in [-0.2, -0.15) is 0 Å². The number of fused-ring (bicyclic) bond motifs is 1. The number of benzene rings is 2. The fourth-order valence-corrected chi connectivity index (χ4v) is 1.93. The van der Waals surface area contributed by atoms with Crippen LogP contribution in [0.5, 0.6) is 0 Å². The van der Waals surface area contributed by atoms with E-state index in [4.69, 9.17) is 0 Å². The van der Waals surface area contributed by atoms with Gasteiger partial charge in [0.2, 0.25) is 0 Å². The minimum Gasteiger partial charge on any atom is -0.298 e. The Morgan fingerprint density at radius 3 is 2.46 bits per heavy atom. The largest absolute Gasteiger partial charge is 0.298 e. The number of aldehydes is 1. The van der Waals surface area contributed by atoms with Crippen LogP contribution >= 0.6 is 0 Å². The Morgan fingerprint density at radius 1 is 1.00 bits per heavy atom. The van der Waals surface area contributed by atoms with Crippen molar-refractivity contribution in [3.8, 4) is 0 Å². The first-order chi connectivity index (χ1) is 6.29. The molecule has 1 nitrogen and oxygen atoms in total. The molecular formula is C11H10OSi. The van der Waals surface area contributed by atoms with Crippen molar-refractivity contribution in [2.45, 2.75) is 0 Å². The van der Waals surface area contributed by atoms with Gasteiger partial charge in [-0.3, -0.25) is 4.79 Å². The molecule has 0 aromatic heterocycles. The Balaban J connectivity index is 2.73. The van der Waals surface area contributed by atoms with Crippen LogP contribution in [-0.4, -0.2) is 16.5 Å². The number of hydrogen-bond acceptors (Lipinski definition) is 1. The lowest BCUT2D eigenvalue weighted by Gasteiger charge is -1.99. The van der Waals surface area contributed by atoms with Gasteiger partial charge in [-0.15, -0.1) is 0 Å². The van der Waals surface area contributed by atoms with Crippen LogP contribution in [-0.2, 0) is 0 Å². The van der Waals surface area contributed by atoms with Gasteiger partial charge in [0.05, 0.1) is 0 Å². The van der Waals surface area contributed by atoms with Gasteiger partial charge in [0.25, 0.3) is 0 Å². The molecule has 0 heterocycles. The normalized spacial score (nSPS) is 10.5. The van der Waals surface area contributed by atoms with Crippen LogP contribution in [0.25, 0.3) is 10.8 Å². The Bertz CT molecular complexity index is 463. The number of hydrogen-bond donors (Lipinski definition) is 0. The molecule has 2 aromatic carbocycles. The minimum absolute atomic E-state index is 0.744. The topological polar surface area (TPSA) is 17.1 Å². The fourth-order valence-electron chi connectivity index (χ4n) is 1.46. The van der Waals surface area contributed by atoms with Crippen LogP contribution in [0.1, 0.15) is 10.4 Å². The second-order valence-electron chi connectivity index (χ2n) is 3.23. The van der Waals surface area contributed by atoms with Crippen molar-refractivity contribution >= 4 is 32.5 Å². The molecule has 2 aromatic rings. The van der Waals surface area contributed by atoms with Gasteiger partial charge in [-0.1, -0.05) is 35.5 Å². The summed E-state index contributed by atoms with van der Waals surface area (Å²) in [5.41, 5.74) is 0.744. The van der Waals surface area contributed by atoms with Crippen molar-refractivity contribution < 1.29 is 4.79 Å². The van der Waals surface area contributed by atoms with Crippen LogP contribution in [0.4, 0.5) is 0 Å². The van der Waals surface area contributed by atoms with Gasteiger partial charge in [0, 0.05) is 15.8 Å². The highest BCUT2D eigenvalue weighted by molar-refractivity contribution is 6.33. The zero-order valence-electron chi connectivity index (χ0n) is 7.45. The van der Waals surface area contributed by atoms with E-state index in [0.29, 0.717) is 0 Å². The monoisotopic (exact) mass is 186 g/mol. The third kappa shape index (κ3) is 1.53. The van der Waals surface area contributed by atoms with E-state index in [1.807, 2.05) is 18.2 Å². The molecule has 0 fully saturated rings. The van der Waals surface area contributed by atoms with Gasteiger partial charge in [-0.25, -0.2) is 0 Å². The molecule has 0 saturated carbocycles. The molecule has 0 aliphatic rings. The van der Waals surface area contributed by atoms with Crippen LogP contribution < -0.4 is 5.19 Å². The predicted molar refractivity (Wildman–Crippen MR) is 58.9 cm³/mol. The van der Waals surface area contributed by atoms with Crippen molar-refractivity contribution in [3.63, 3.8) is 0 Å². The van der Waals surface area contributed by atoms with Crippen molar-refractivity contribution in [3.05, 3.63) is 42.0 Å². The van der Waals surface area contributed by atoms with E-state index >= 15 is 0 Å². The molecule has 0 aliphatic carbocycles. The van der Waals surface area contributed by atoms with Crippen molar-refractivity contribution in [2.24, 2.45) is 0 Å². The maximum Gasteiger partial charge on any atom is 0.150 e. The molecule has 0 spiro atoms. The fraction of sp³-hybridized carbons (Fsp3) is 0. The SMILES string of the molecule is O=Cc1ccc2cc([SiH3])ccc2c1. The third-order valence-electron chi connectivity index (χ3n) is 2.16. The molecule has 2 rings (SSSR count). The molecule has 64 valence electrons. The van der Waals surface area contributed by atoms with Gasteiger partial charge in [0.1, 0.15) is 6.29 Å². The van der Waals surface area contributed by atoms with E-state index in [0.717, 1.165) is 27.5 Å². The quantitative estimate of drug-likeness (QED) is 0.472. The average molecular weight is 186 g/mol. The highest BCUT2D eigenvalue weighted by Crippen LogP contribution is 2.13. The van der Waals surface area contributed by atoms with E-state index in [9.17, 15) is 4.79 Å². The average Bonchev–Trinajstić information content (AvgIpc) is 2.17. The van der Waals surface area contributed by atoms with E-state index in [1.54, 1.807) is 0 Å². The molecule has 0 radical (unpaired) electrons. The smallest absolute Gasteiger partial charge is 0.150 e. The van der Waals surface area contributed by atoms with Gasteiger partial charge >= 0.3 is 0 Å². The summed E-state index contributed by atoms with van der Waals surface area (Å²) in [6, 6.07) is 12.1. The maximum atomic E-state index is 10.5. The lowest BCUT2D eigenvalue weighted by atomic mass is 10.1. The van der Waals surface area contributed by atoms with E-state index in [2.05, 4.69) is 18.2 Å². The van der Waals surface area contributed by atoms with Crippen molar-refractivity contribution in [1.82, 2.24) is 0 Å². The van der Waals surface area contributed by atoms with Gasteiger partial charge in [-0.05, 0) is 16.8 Å². The van der Waals surface area contributed by atoms with Gasteiger partial charge in [0.15, 0.2) is 0 Å². The summed E-state index contributed by atoms with van der Waals surface area (Å²) in [4.78, 5) is 10.5. The third-order valence-corrected chi connectivity index (χ3v) is 2.78. The van der Waals surface area contributed by atoms with Crippen molar-refractivity contribution in [2.75, 3.05) is 0 Å². The summed E-state index contributed by atoms with van der Waals surface area (Å²) in [6.07, 6.45) is 0.883. The summed E-state index contributed by atoms with van der Waals surface area (Å²) >= 11 is 0. The lowest BCUT2D eigenvalue weighted by molar-refractivity contribution is 0.112. The first-order valence-corrected chi connectivity index (χ1v) is 5.25. The lowest BCUT2D eigenvalue weighted by Crippen LogP contribution is -1.99. The Hall–Kier alpha value is -1.41. The standard InChI is InChI=1S/C11H10OSi/c12-7-8-1-2-10-6-11(13)4-3-9(10)5-8/h1-7H,13H3. The summed E-state index contributed by atoms with van der Waals surface area (Å²) < 4.78 is 0. The number of carbonyl (C=O) groups is 1. The molecule has 0 aliphatic heterocycles. The van der Waals surface area contributed by atoms with Crippen LogP contribution in [0.2, 0.25) is 0 Å². The molecule has 0 unspecified atom stereocenters. The molecule has 2 heteroatoms. The van der Waals surface area contributed by atoms with Crippen LogP contribution in [0.3, 0.4) is 0 Å². The maximum absolute atomic E-state index is 10.5. The summed E-state index contributed by atoms with van der Waals surface area (Å²) in [6.45, 7) is 0. The van der Waals surface area contributed by atoms with Crippen molar-refractivity contribution in [1.29, 1.82) is 0 Å². The second-order valence-corrected chi connectivity index (χ2v) is 4.38. The Labute approximate surface area is 79.8 Å². The predicted octanol–water partition coefficient (Wildman–Crippen LogP) is 0.643. The first kappa shape index (κ1) is 8.20. The minimum atomic E-state index is 0.744. The van der Waals surface area contributed by atoms with Crippen LogP contribution in [0, 0.1) is 0 Å². The summed E-state index contributed by atoms with van der Waals surface area (Å²) in [5.74, 6) is 0. The van der Waals surface area contributed by atoms with Gasteiger partial charge < -0.3 is 0 Å². The summed E-state index contributed by atoms with van der Waals surface area (Å²) in [7, 11) is 1.07. The molecular weight excluding hydrogens is 176 g/mol.